The van der Waals surface area contributed by atoms with E-state index in [-0.39, 0.29) is 11.9 Å². The number of hydrogen-bond donors (Lipinski definition) is 1. The highest BCUT2D eigenvalue weighted by molar-refractivity contribution is 9.08. The molecular weight excluding hydrogens is 328 g/mol. The molecule has 0 aromatic heterocycles. The number of nitrogens with one attached hydrogen (secondary N) is 1. The summed E-state index contributed by atoms with van der Waals surface area (Å²) in [5, 5.41) is 12.5. The fourth-order valence-corrected chi connectivity index (χ4v) is 2.33. The molecule has 3 nitrogen and oxygen atoms in total. The van der Waals surface area contributed by atoms with Crippen molar-refractivity contribution < 1.29 is 4.79 Å². The maximum Gasteiger partial charge on any atom is 0.251 e. The third-order valence-electron chi connectivity index (χ3n) is 3.26. The van der Waals surface area contributed by atoms with E-state index >= 15 is 0 Å². The van der Waals surface area contributed by atoms with Gasteiger partial charge in [0.15, 0.2) is 0 Å². The highest BCUT2D eigenvalue weighted by Crippen LogP contribution is 2.14. The zero-order chi connectivity index (χ0) is 15.2. The molecule has 2 rings (SSSR count). The summed E-state index contributed by atoms with van der Waals surface area (Å²) in [6, 6.07) is 16.7. The number of benzene rings is 2. The van der Waals surface area contributed by atoms with E-state index in [2.05, 4.69) is 27.3 Å². The normalized spacial score (nSPS) is 11.5. The van der Waals surface area contributed by atoms with Crippen molar-refractivity contribution >= 4 is 21.8 Å². The van der Waals surface area contributed by atoms with Crippen LogP contribution in [0.15, 0.2) is 48.5 Å². The maximum absolute atomic E-state index is 12.2. The molecule has 0 saturated carbocycles. The topological polar surface area (TPSA) is 52.9 Å². The van der Waals surface area contributed by atoms with Crippen LogP contribution in [0.1, 0.15) is 40.0 Å². The van der Waals surface area contributed by atoms with Crippen molar-refractivity contribution in [2.45, 2.75) is 18.3 Å². The van der Waals surface area contributed by atoms with Gasteiger partial charge in [0.2, 0.25) is 0 Å². The Morgan fingerprint density at radius 3 is 2.33 bits per heavy atom. The predicted octanol–water partition coefficient (Wildman–Crippen LogP) is 3.94. The molecule has 0 bridgehead atoms. The molecule has 2 aromatic carbocycles. The number of carbonyl (C=O) groups is 1. The van der Waals surface area contributed by atoms with Gasteiger partial charge in [0.1, 0.15) is 0 Å². The Labute approximate surface area is 132 Å². The Balaban J connectivity index is 2.05. The van der Waals surface area contributed by atoms with Crippen LogP contribution in [0.3, 0.4) is 0 Å². The molecular formula is C17H15BrN2O. The minimum absolute atomic E-state index is 0.104. The Morgan fingerprint density at radius 2 is 1.81 bits per heavy atom. The molecule has 0 aliphatic carbocycles. The van der Waals surface area contributed by atoms with Crippen molar-refractivity contribution in [1.29, 1.82) is 5.26 Å². The van der Waals surface area contributed by atoms with Gasteiger partial charge in [-0.05, 0) is 42.3 Å². The van der Waals surface area contributed by atoms with Gasteiger partial charge in [-0.3, -0.25) is 4.79 Å². The van der Waals surface area contributed by atoms with Crippen LogP contribution in [-0.4, -0.2) is 5.91 Å². The number of hydrogen-bond acceptors (Lipinski definition) is 2. The lowest BCUT2D eigenvalue weighted by molar-refractivity contribution is 0.0940. The lowest BCUT2D eigenvalue weighted by Crippen LogP contribution is -2.26. The first-order valence-corrected chi connectivity index (χ1v) is 7.72. The number of halogens is 1. The summed E-state index contributed by atoms with van der Waals surface area (Å²) in [6.45, 7) is 1.92. The van der Waals surface area contributed by atoms with Gasteiger partial charge in [-0.15, -0.1) is 0 Å². The van der Waals surface area contributed by atoms with E-state index in [1.807, 2.05) is 43.3 Å². The van der Waals surface area contributed by atoms with Crippen molar-refractivity contribution in [3.8, 4) is 6.07 Å². The fraction of sp³-hybridized carbons (Fsp3) is 0.176. The molecule has 0 fully saturated rings. The molecule has 1 N–H and O–H groups in total. The summed E-state index contributed by atoms with van der Waals surface area (Å²) >= 11 is 3.38. The largest absolute Gasteiger partial charge is 0.346 e. The summed E-state index contributed by atoms with van der Waals surface area (Å²) in [5.74, 6) is -0.104. The molecule has 0 radical (unpaired) electrons. The molecule has 1 amide bonds. The Hall–Kier alpha value is -2.12. The Bertz CT molecular complexity index is 657. The highest BCUT2D eigenvalue weighted by Gasteiger charge is 2.11. The van der Waals surface area contributed by atoms with E-state index in [0.717, 1.165) is 16.5 Å². The summed E-state index contributed by atoms with van der Waals surface area (Å²) in [5.41, 5.74) is 3.36. The minimum atomic E-state index is -0.110. The molecule has 4 heteroatoms. The van der Waals surface area contributed by atoms with Crippen LogP contribution < -0.4 is 5.32 Å². The molecule has 2 aromatic rings. The standard InChI is InChI=1S/C17H15BrN2O/c1-12(15-6-4-14(11-19)5-7-15)20-17(21)16-8-2-13(10-18)3-9-16/h2-9,12H,10H2,1H3,(H,20,21). The van der Waals surface area contributed by atoms with Crippen molar-refractivity contribution in [2.75, 3.05) is 0 Å². The lowest BCUT2D eigenvalue weighted by atomic mass is 10.1. The average Bonchev–Trinajstić information content (AvgIpc) is 2.55. The van der Waals surface area contributed by atoms with Crippen LogP contribution in [-0.2, 0) is 5.33 Å². The summed E-state index contributed by atoms with van der Waals surface area (Å²) in [6.07, 6.45) is 0. The van der Waals surface area contributed by atoms with E-state index in [9.17, 15) is 4.79 Å². The van der Waals surface area contributed by atoms with E-state index in [0.29, 0.717) is 11.1 Å². The monoisotopic (exact) mass is 342 g/mol. The second-order valence-corrected chi connectivity index (χ2v) is 5.32. The predicted molar refractivity (Wildman–Crippen MR) is 86.1 cm³/mol. The smallest absolute Gasteiger partial charge is 0.251 e. The summed E-state index contributed by atoms with van der Waals surface area (Å²) in [4.78, 5) is 12.2. The first-order valence-electron chi connectivity index (χ1n) is 6.60. The zero-order valence-corrected chi connectivity index (χ0v) is 13.2. The van der Waals surface area contributed by atoms with Gasteiger partial charge < -0.3 is 5.32 Å². The van der Waals surface area contributed by atoms with E-state index in [4.69, 9.17) is 5.26 Å². The molecule has 21 heavy (non-hydrogen) atoms. The van der Waals surface area contributed by atoms with Gasteiger partial charge in [-0.1, -0.05) is 40.2 Å². The lowest BCUT2D eigenvalue weighted by Gasteiger charge is -2.14. The van der Waals surface area contributed by atoms with Gasteiger partial charge in [-0.25, -0.2) is 0 Å². The number of rotatable bonds is 4. The van der Waals surface area contributed by atoms with Gasteiger partial charge in [0, 0.05) is 10.9 Å². The van der Waals surface area contributed by atoms with E-state index < -0.39 is 0 Å². The van der Waals surface area contributed by atoms with Gasteiger partial charge >= 0.3 is 0 Å². The first-order chi connectivity index (χ1) is 10.1. The summed E-state index contributed by atoms with van der Waals surface area (Å²) in [7, 11) is 0. The van der Waals surface area contributed by atoms with Gasteiger partial charge in [0.25, 0.3) is 5.91 Å². The number of alkyl halides is 1. The van der Waals surface area contributed by atoms with Crippen molar-refractivity contribution in [3.05, 3.63) is 70.8 Å². The highest BCUT2D eigenvalue weighted by atomic mass is 79.9. The van der Waals surface area contributed by atoms with Crippen LogP contribution in [0.2, 0.25) is 0 Å². The van der Waals surface area contributed by atoms with Gasteiger partial charge in [-0.2, -0.15) is 5.26 Å². The second kappa shape index (κ2) is 7.05. The van der Waals surface area contributed by atoms with Crippen LogP contribution in [0.5, 0.6) is 0 Å². The Kier molecular flexibility index (Phi) is 5.13. The fourth-order valence-electron chi connectivity index (χ4n) is 1.95. The molecule has 0 saturated heterocycles. The molecule has 0 heterocycles. The summed E-state index contributed by atoms with van der Waals surface area (Å²) < 4.78 is 0. The van der Waals surface area contributed by atoms with Crippen LogP contribution >= 0.6 is 15.9 Å². The molecule has 0 spiro atoms. The van der Waals surface area contributed by atoms with E-state index in [1.165, 1.54) is 0 Å². The van der Waals surface area contributed by atoms with Crippen LogP contribution in [0, 0.1) is 11.3 Å². The Morgan fingerprint density at radius 1 is 1.19 bits per heavy atom. The first kappa shape index (κ1) is 15.3. The van der Waals surface area contributed by atoms with Crippen molar-refractivity contribution in [2.24, 2.45) is 0 Å². The van der Waals surface area contributed by atoms with Crippen molar-refractivity contribution in [3.63, 3.8) is 0 Å². The third-order valence-corrected chi connectivity index (χ3v) is 3.91. The zero-order valence-electron chi connectivity index (χ0n) is 11.6. The van der Waals surface area contributed by atoms with Crippen LogP contribution in [0.25, 0.3) is 0 Å². The number of amides is 1. The maximum atomic E-state index is 12.2. The number of nitriles is 1. The number of carbonyl (C=O) groups excluding carboxylic acids is 1. The molecule has 106 valence electrons. The average molecular weight is 343 g/mol. The van der Waals surface area contributed by atoms with Gasteiger partial charge in [0.05, 0.1) is 17.7 Å². The quantitative estimate of drug-likeness (QED) is 0.855. The second-order valence-electron chi connectivity index (χ2n) is 4.76. The molecule has 1 atom stereocenters. The third kappa shape index (κ3) is 3.93. The van der Waals surface area contributed by atoms with Crippen molar-refractivity contribution in [1.82, 2.24) is 5.32 Å². The van der Waals surface area contributed by atoms with E-state index in [1.54, 1.807) is 12.1 Å². The minimum Gasteiger partial charge on any atom is -0.346 e. The molecule has 0 aliphatic rings. The molecule has 1 unspecified atom stereocenters. The number of nitrogens with zero attached hydrogens (tertiary/aromatic N) is 1. The molecule has 0 aliphatic heterocycles. The van der Waals surface area contributed by atoms with Crippen LogP contribution in [0.4, 0.5) is 0 Å². The SMILES string of the molecule is CC(NC(=O)c1ccc(CBr)cc1)c1ccc(C#N)cc1.